The molecule has 3 N–H and O–H groups in total. The molecule has 2 amide bonds. The van der Waals surface area contributed by atoms with Crippen molar-refractivity contribution in [1.82, 2.24) is 0 Å². The molecule has 0 saturated carbocycles. The van der Waals surface area contributed by atoms with E-state index in [1.165, 1.54) is 6.42 Å². The van der Waals surface area contributed by atoms with Crippen LogP contribution in [0.3, 0.4) is 0 Å². The third-order valence-electron chi connectivity index (χ3n) is 4.95. The number of hydrogen-bond acceptors (Lipinski definition) is 4. The molecular formula is C22H27N3O3. The highest BCUT2D eigenvalue weighted by Gasteiger charge is 2.20. The third-order valence-corrected chi connectivity index (χ3v) is 4.95. The predicted molar refractivity (Wildman–Crippen MR) is 111 cm³/mol. The van der Waals surface area contributed by atoms with Crippen LogP contribution in [0.5, 0.6) is 5.75 Å². The van der Waals surface area contributed by atoms with Gasteiger partial charge in [-0.1, -0.05) is 17.7 Å². The van der Waals surface area contributed by atoms with Crippen molar-refractivity contribution < 1.29 is 14.3 Å². The summed E-state index contributed by atoms with van der Waals surface area (Å²) in [4.78, 5) is 26.7. The molecule has 0 unspecified atom stereocenters. The number of anilines is 2. The molecule has 28 heavy (non-hydrogen) atoms. The van der Waals surface area contributed by atoms with E-state index in [0.29, 0.717) is 17.0 Å². The van der Waals surface area contributed by atoms with Gasteiger partial charge in [0.25, 0.3) is 11.8 Å². The van der Waals surface area contributed by atoms with Crippen LogP contribution in [0.1, 0.15) is 42.1 Å². The van der Waals surface area contributed by atoms with Gasteiger partial charge in [-0.05, 0) is 63.4 Å². The van der Waals surface area contributed by atoms with E-state index in [4.69, 9.17) is 10.5 Å². The largest absolute Gasteiger partial charge is 0.481 e. The smallest absolute Gasteiger partial charge is 0.265 e. The maximum Gasteiger partial charge on any atom is 0.265 e. The fourth-order valence-corrected chi connectivity index (χ4v) is 3.30. The Labute approximate surface area is 165 Å². The van der Waals surface area contributed by atoms with Crippen molar-refractivity contribution in [3.63, 3.8) is 0 Å². The van der Waals surface area contributed by atoms with E-state index in [2.05, 4.69) is 10.2 Å². The summed E-state index contributed by atoms with van der Waals surface area (Å²) in [5.74, 6) is -0.293. The number of nitrogens with zero attached hydrogens (tertiary/aromatic N) is 1. The number of carbonyl (C=O) groups excluding carboxylic acids is 2. The van der Waals surface area contributed by atoms with Crippen LogP contribution < -0.4 is 20.7 Å². The molecule has 0 bridgehead atoms. The lowest BCUT2D eigenvalue weighted by Crippen LogP contribution is -2.32. The third kappa shape index (κ3) is 4.82. The van der Waals surface area contributed by atoms with Crippen molar-refractivity contribution in [3.05, 3.63) is 53.6 Å². The lowest BCUT2D eigenvalue weighted by molar-refractivity contribution is -0.122. The van der Waals surface area contributed by atoms with Gasteiger partial charge in [-0.15, -0.1) is 0 Å². The summed E-state index contributed by atoms with van der Waals surface area (Å²) < 4.78 is 5.69. The minimum Gasteiger partial charge on any atom is -0.481 e. The second-order valence-electron chi connectivity index (χ2n) is 7.20. The number of ether oxygens (including phenoxy) is 1. The molecule has 6 nitrogen and oxygen atoms in total. The zero-order chi connectivity index (χ0) is 20.1. The fourth-order valence-electron chi connectivity index (χ4n) is 3.30. The Bertz CT molecular complexity index is 843. The zero-order valence-corrected chi connectivity index (χ0v) is 16.4. The van der Waals surface area contributed by atoms with Crippen LogP contribution in [0.4, 0.5) is 11.4 Å². The van der Waals surface area contributed by atoms with E-state index in [1.54, 1.807) is 19.1 Å². The first-order chi connectivity index (χ1) is 13.4. The summed E-state index contributed by atoms with van der Waals surface area (Å²) in [6.45, 7) is 5.58. The number of amides is 2. The number of piperidine rings is 1. The first-order valence-electron chi connectivity index (χ1n) is 9.67. The molecule has 1 fully saturated rings. The maximum atomic E-state index is 12.5. The Morgan fingerprint density at radius 1 is 1.07 bits per heavy atom. The summed E-state index contributed by atoms with van der Waals surface area (Å²) in [5.41, 5.74) is 8.34. The van der Waals surface area contributed by atoms with Crippen LogP contribution in [0.15, 0.2) is 42.5 Å². The SMILES string of the molecule is Cc1ccc(O[C@H](C)C(=O)Nc2ccc(N3CCCCC3)cc2C(N)=O)cc1. The quantitative estimate of drug-likeness (QED) is 0.802. The lowest BCUT2D eigenvalue weighted by Gasteiger charge is -2.29. The van der Waals surface area contributed by atoms with Gasteiger partial charge in [0.1, 0.15) is 5.75 Å². The number of nitrogens with two attached hydrogens (primary N) is 1. The number of hydrogen-bond donors (Lipinski definition) is 2. The molecule has 1 aliphatic heterocycles. The van der Waals surface area contributed by atoms with Gasteiger partial charge in [0, 0.05) is 18.8 Å². The van der Waals surface area contributed by atoms with Gasteiger partial charge in [0.15, 0.2) is 6.10 Å². The Morgan fingerprint density at radius 3 is 2.39 bits per heavy atom. The molecule has 1 saturated heterocycles. The summed E-state index contributed by atoms with van der Waals surface area (Å²) in [6.07, 6.45) is 2.79. The number of aryl methyl sites for hydroxylation is 1. The molecule has 0 radical (unpaired) electrons. The topological polar surface area (TPSA) is 84.7 Å². The zero-order valence-electron chi connectivity index (χ0n) is 16.4. The van der Waals surface area contributed by atoms with Gasteiger partial charge >= 0.3 is 0 Å². The summed E-state index contributed by atoms with van der Waals surface area (Å²) in [7, 11) is 0. The van der Waals surface area contributed by atoms with Crippen molar-refractivity contribution in [3.8, 4) is 5.75 Å². The molecule has 1 aliphatic rings. The van der Waals surface area contributed by atoms with E-state index in [-0.39, 0.29) is 5.91 Å². The number of primary amides is 1. The van der Waals surface area contributed by atoms with Gasteiger partial charge in [-0.3, -0.25) is 9.59 Å². The fraction of sp³-hybridized carbons (Fsp3) is 0.364. The van der Waals surface area contributed by atoms with Crippen LogP contribution in [0.2, 0.25) is 0 Å². The van der Waals surface area contributed by atoms with Crippen LogP contribution in [-0.2, 0) is 4.79 Å². The predicted octanol–water partition coefficient (Wildman–Crippen LogP) is 3.49. The highest BCUT2D eigenvalue weighted by atomic mass is 16.5. The first kappa shape index (κ1) is 19.7. The minimum absolute atomic E-state index is 0.305. The van der Waals surface area contributed by atoms with E-state index in [9.17, 15) is 9.59 Å². The first-order valence-corrected chi connectivity index (χ1v) is 9.67. The molecule has 148 valence electrons. The second kappa shape index (κ2) is 8.78. The van der Waals surface area contributed by atoms with Gasteiger partial charge in [-0.25, -0.2) is 0 Å². The van der Waals surface area contributed by atoms with Crippen LogP contribution >= 0.6 is 0 Å². The molecule has 2 aromatic rings. The molecule has 1 heterocycles. The summed E-state index contributed by atoms with van der Waals surface area (Å²) in [5, 5.41) is 2.77. The number of carbonyl (C=O) groups is 2. The molecule has 0 aromatic heterocycles. The summed E-state index contributed by atoms with van der Waals surface area (Å²) in [6, 6.07) is 12.9. The monoisotopic (exact) mass is 381 g/mol. The van der Waals surface area contributed by atoms with Gasteiger partial charge in [0.05, 0.1) is 11.3 Å². The standard InChI is InChI=1S/C22H27N3O3/c1-15-6-9-18(10-7-15)28-16(2)22(27)24-20-11-8-17(14-19(20)21(23)26)25-12-4-3-5-13-25/h6-11,14,16H,3-5,12-13H2,1-2H3,(H2,23,26)(H,24,27)/t16-/m1/s1. The highest BCUT2D eigenvalue weighted by molar-refractivity contribution is 6.04. The van der Waals surface area contributed by atoms with Gasteiger partial charge in [-0.2, -0.15) is 0 Å². The molecule has 0 aliphatic carbocycles. The van der Waals surface area contributed by atoms with Crippen LogP contribution in [-0.4, -0.2) is 31.0 Å². The van der Waals surface area contributed by atoms with Crippen molar-refractivity contribution in [1.29, 1.82) is 0 Å². The average molecular weight is 381 g/mol. The number of benzene rings is 2. The van der Waals surface area contributed by atoms with Crippen LogP contribution in [0, 0.1) is 6.92 Å². The molecule has 2 aromatic carbocycles. The molecule has 3 rings (SSSR count). The van der Waals surface area contributed by atoms with Gasteiger partial charge in [0.2, 0.25) is 0 Å². The maximum absolute atomic E-state index is 12.5. The Kier molecular flexibility index (Phi) is 6.19. The summed E-state index contributed by atoms with van der Waals surface area (Å²) >= 11 is 0. The Balaban J connectivity index is 1.71. The van der Waals surface area contributed by atoms with Gasteiger partial charge < -0.3 is 20.7 Å². The van der Waals surface area contributed by atoms with Crippen molar-refractivity contribution >= 4 is 23.2 Å². The van der Waals surface area contributed by atoms with Crippen molar-refractivity contribution in [2.24, 2.45) is 5.73 Å². The highest BCUT2D eigenvalue weighted by Crippen LogP contribution is 2.26. The molecule has 6 heteroatoms. The average Bonchev–Trinajstić information content (AvgIpc) is 2.70. The molecular weight excluding hydrogens is 354 g/mol. The van der Waals surface area contributed by atoms with E-state index in [0.717, 1.165) is 37.2 Å². The second-order valence-corrected chi connectivity index (χ2v) is 7.20. The Hall–Kier alpha value is -3.02. The lowest BCUT2D eigenvalue weighted by atomic mass is 10.1. The van der Waals surface area contributed by atoms with Crippen molar-refractivity contribution in [2.75, 3.05) is 23.3 Å². The normalized spacial score (nSPS) is 15.0. The number of rotatable bonds is 6. The minimum atomic E-state index is -0.717. The van der Waals surface area contributed by atoms with E-state index in [1.807, 2.05) is 37.3 Å². The van der Waals surface area contributed by atoms with E-state index >= 15 is 0 Å². The molecule has 0 spiro atoms. The molecule has 1 atom stereocenters. The van der Waals surface area contributed by atoms with E-state index < -0.39 is 12.0 Å². The van der Waals surface area contributed by atoms with Crippen molar-refractivity contribution in [2.45, 2.75) is 39.2 Å². The van der Waals surface area contributed by atoms with Crippen LogP contribution in [0.25, 0.3) is 0 Å². The Morgan fingerprint density at radius 2 is 1.75 bits per heavy atom. The number of nitrogens with one attached hydrogen (secondary N) is 1.